The summed E-state index contributed by atoms with van der Waals surface area (Å²) < 4.78 is 7.24. The summed E-state index contributed by atoms with van der Waals surface area (Å²) in [6.45, 7) is 0. The molecule has 10 aromatic rings. The van der Waals surface area contributed by atoms with Crippen LogP contribution < -0.4 is 4.90 Å². The second kappa shape index (κ2) is 12.5. The van der Waals surface area contributed by atoms with Crippen molar-refractivity contribution in [2.24, 2.45) is 0 Å². The molecule has 2 heteroatoms. The number of furan rings is 1. The fourth-order valence-electron chi connectivity index (χ4n) is 7.80. The molecule has 0 aliphatic heterocycles. The van der Waals surface area contributed by atoms with Crippen LogP contribution in [0.1, 0.15) is 0 Å². The maximum Gasteiger partial charge on any atom is 0.160 e. The Balaban J connectivity index is 1.29. The van der Waals surface area contributed by atoms with E-state index in [0.29, 0.717) is 0 Å². The van der Waals surface area contributed by atoms with Gasteiger partial charge in [-0.1, -0.05) is 170 Å². The van der Waals surface area contributed by atoms with Crippen LogP contribution >= 0.6 is 0 Å². The number of anilines is 3. The van der Waals surface area contributed by atoms with Crippen molar-refractivity contribution in [3.63, 3.8) is 0 Å². The van der Waals surface area contributed by atoms with Gasteiger partial charge >= 0.3 is 0 Å². The van der Waals surface area contributed by atoms with Crippen LogP contribution in [0.3, 0.4) is 0 Å². The summed E-state index contributed by atoms with van der Waals surface area (Å²) in [6, 6.07) is 71.4. The zero-order valence-electron chi connectivity index (χ0n) is 28.4. The molecule has 0 spiro atoms. The molecule has 0 saturated heterocycles. The first-order chi connectivity index (χ1) is 25.8. The monoisotopic (exact) mass is 663 g/mol. The predicted molar refractivity (Wildman–Crippen MR) is 220 cm³/mol. The zero-order chi connectivity index (χ0) is 34.4. The summed E-state index contributed by atoms with van der Waals surface area (Å²) in [5.74, 6) is 0. The van der Waals surface area contributed by atoms with E-state index in [2.05, 4.69) is 205 Å². The Labute approximate surface area is 302 Å². The zero-order valence-corrected chi connectivity index (χ0v) is 28.4. The third kappa shape index (κ3) is 4.96. The number of fused-ring (bicyclic) bond motifs is 8. The van der Waals surface area contributed by atoms with Crippen LogP contribution in [0.4, 0.5) is 17.1 Å². The third-order valence-corrected chi connectivity index (χ3v) is 10.3. The molecule has 244 valence electrons. The van der Waals surface area contributed by atoms with E-state index in [1.54, 1.807) is 0 Å². The maximum absolute atomic E-state index is 7.24. The average Bonchev–Trinajstić information content (AvgIpc) is 3.63. The first-order valence-corrected chi connectivity index (χ1v) is 17.8. The molecule has 9 aromatic carbocycles. The van der Waals surface area contributed by atoms with Gasteiger partial charge in [0.2, 0.25) is 0 Å². The third-order valence-electron chi connectivity index (χ3n) is 10.3. The van der Waals surface area contributed by atoms with Gasteiger partial charge in [-0.3, -0.25) is 0 Å². The summed E-state index contributed by atoms with van der Waals surface area (Å²) >= 11 is 0. The normalized spacial score (nSPS) is 11.5. The van der Waals surface area contributed by atoms with E-state index in [0.717, 1.165) is 55.5 Å². The van der Waals surface area contributed by atoms with Crippen LogP contribution in [0.15, 0.2) is 205 Å². The number of nitrogens with zero attached hydrogens (tertiary/aromatic N) is 1. The molecule has 10 rings (SSSR count). The Morgan fingerprint density at radius 3 is 1.25 bits per heavy atom. The van der Waals surface area contributed by atoms with Crippen molar-refractivity contribution in [2.75, 3.05) is 4.90 Å². The lowest BCUT2D eigenvalue weighted by molar-refractivity contribution is 0.673. The maximum atomic E-state index is 7.24. The Bertz CT molecular complexity index is 2770. The molecule has 0 fully saturated rings. The van der Waals surface area contributed by atoms with Crippen molar-refractivity contribution in [3.8, 4) is 33.4 Å². The van der Waals surface area contributed by atoms with Gasteiger partial charge in [-0.2, -0.15) is 0 Å². The van der Waals surface area contributed by atoms with Crippen molar-refractivity contribution >= 4 is 60.5 Å². The molecule has 0 radical (unpaired) electrons. The molecule has 0 bridgehead atoms. The number of rotatable bonds is 6. The van der Waals surface area contributed by atoms with Gasteiger partial charge in [-0.05, 0) is 74.3 Å². The van der Waals surface area contributed by atoms with Crippen LogP contribution in [0.2, 0.25) is 0 Å². The summed E-state index contributed by atoms with van der Waals surface area (Å²) in [4.78, 5) is 2.38. The smallest absolute Gasteiger partial charge is 0.160 e. The predicted octanol–water partition coefficient (Wildman–Crippen LogP) is 14.4. The fourth-order valence-corrected chi connectivity index (χ4v) is 7.80. The molecule has 0 aliphatic rings. The molecule has 0 N–H and O–H groups in total. The number of benzene rings is 9. The Morgan fingerprint density at radius 1 is 0.288 bits per heavy atom. The van der Waals surface area contributed by atoms with Gasteiger partial charge in [0.25, 0.3) is 0 Å². The van der Waals surface area contributed by atoms with E-state index in [1.807, 2.05) is 0 Å². The molecule has 0 saturated carbocycles. The Kier molecular flexibility index (Phi) is 7.18. The minimum Gasteiger partial charge on any atom is -0.453 e. The fraction of sp³-hybridized carbons (Fsp3) is 0. The van der Waals surface area contributed by atoms with Gasteiger partial charge in [0.1, 0.15) is 5.58 Å². The number of hydrogen-bond donors (Lipinski definition) is 0. The minimum atomic E-state index is 0.858. The van der Waals surface area contributed by atoms with Gasteiger partial charge in [0.05, 0.1) is 5.69 Å². The molecular formula is C50H33NO. The molecule has 0 aliphatic carbocycles. The lowest BCUT2D eigenvalue weighted by Crippen LogP contribution is -2.11. The first kappa shape index (κ1) is 30.0. The molecule has 0 unspecified atom stereocenters. The summed E-state index contributed by atoms with van der Waals surface area (Å²) in [7, 11) is 0. The van der Waals surface area contributed by atoms with Gasteiger partial charge < -0.3 is 9.32 Å². The topological polar surface area (TPSA) is 16.4 Å². The summed E-state index contributed by atoms with van der Waals surface area (Å²) in [5.41, 5.74) is 11.8. The van der Waals surface area contributed by atoms with E-state index in [4.69, 9.17) is 4.42 Å². The van der Waals surface area contributed by atoms with Crippen LogP contribution in [0, 0.1) is 0 Å². The van der Waals surface area contributed by atoms with Gasteiger partial charge in [0, 0.05) is 33.1 Å². The van der Waals surface area contributed by atoms with Crippen LogP contribution in [0.5, 0.6) is 0 Å². The van der Waals surface area contributed by atoms with Crippen LogP contribution in [-0.2, 0) is 0 Å². The SMILES string of the molecule is c1ccc(-c2ccc(N(c3ccc(-c4ccccc4)cc3)c3c(-c4ccccc4)ccc4c3oc3c5ccccc5c5ccccc5c43)cc2)cc1. The van der Waals surface area contributed by atoms with Gasteiger partial charge in [-0.15, -0.1) is 0 Å². The summed E-state index contributed by atoms with van der Waals surface area (Å²) in [5, 5.41) is 6.97. The van der Waals surface area contributed by atoms with Crippen molar-refractivity contribution in [1.82, 2.24) is 0 Å². The largest absolute Gasteiger partial charge is 0.453 e. The van der Waals surface area contributed by atoms with Crippen LogP contribution in [-0.4, -0.2) is 0 Å². The number of hydrogen-bond acceptors (Lipinski definition) is 2. The second-order valence-electron chi connectivity index (χ2n) is 13.3. The molecular weight excluding hydrogens is 631 g/mol. The highest BCUT2D eigenvalue weighted by atomic mass is 16.3. The minimum absolute atomic E-state index is 0.858. The van der Waals surface area contributed by atoms with Crippen molar-refractivity contribution in [3.05, 3.63) is 200 Å². The van der Waals surface area contributed by atoms with Gasteiger partial charge in [-0.25, -0.2) is 0 Å². The molecule has 2 nitrogen and oxygen atoms in total. The molecule has 0 amide bonds. The highest BCUT2D eigenvalue weighted by molar-refractivity contribution is 6.31. The highest BCUT2D eigenvalue weighted by Gasteiger charge is 2.25. The molecule has 0 atom stereocenters. The molecule has 1 aromatic heterocycles. The standard InChI is InChI=1S/C50H33NO/c1-4-14-34(15-5-1)36-24-28-39(29-25-36)51(40-30-26-37(27-31-40)35-16-6-2-7-17-35)48-41(38-18-8-3-9-19-38)32-33-46-47-44-22-12-10-20-42(44)43-21-11-13-23-45(43)49(47)52-50(46)48/h1-33H. The average molecular weight is 664 g/mol. The quantitative estimate of drug-likeness (QED) is 0.165. The highest BCUT2D eigenvalue weighted by Crippen LogP contribution is 2.50. The molecule has 1 heterocycles. The first-order valence-electron chi connectivity index (χ1n) is 17.8. The van der Waals surface area contributed by atoms with Crippen LogP contribution in [0.25, 0.3) is 76.9 Å². The Hall–Kier alpha value is -6.90. The van der Waals surface area contributed by atoms with E-state index in [-0.39, 0.29) is 0 Å². The van der Waals surface area contributed by atoms with Crippen molar-refractivity contribution in [1.29, 1.82) is 0 Å². The Morgan fingerprint density at radius 2 is 0.712 bits per heavy atom. The van der Waals surface area contributed by atoms with E-state index < -0.39 is 0 Å². The second-order valence-corrected chi connectivity index (χ2v) is 13.3. The van der Waals surface area contributed by atoms with Crippen molar-refractivity contribution < 1.29 is 4.42 Å². The summed E-state index contributed by atoms with van der Waals surface area (Å²) in [6.07, 6.45) is 0. The lowest BCUT2D eigenvalue weighted by Gasteiger charge is -2.28. The lowest BCUT2D eigenvalue weighted by atomic mass is 9.95. The van der Waals surface area contributed by atoms with E-state index >= 15 is 0 Å². The van der Waals surface area contributed by atoms with Crippen molar-refractivity contribution in [2.45, 2.75) is 0 Å². The van der Waals surface area contributed by atoms with E-state index in [1.165, 1.54) is 38.4 Å². The molecule has 52 heavy (non-hydrogen) atoms. The van der Waals surface area contributed by atoms with Gasteiger partial charge in [0.15, 0.2) is 5.58 Å². The van der Waals surface area contributed by atoms with E-state index in [9.17, 15) is 0 Å².